The van der Waals surface area contributed by atoms with Gasteiger partial charge in [-0.25, -0.2) is 13.2 Å². The van der Waals surface area contributed by atoms with Gasteiger partial charge in [-0.1, -0.05) is 58.3 Å². The van der Waals surface area contributed by atoms with Gasteiger partial charge >= 0.3 is 6.36 Å². The molecule has 5 unspecified atom stereocenters. The normalized spacial score (nSPS) is 42.4. The standard InChI is InChI=1S/C32H52F6O/c1-2-3-4-5-6-7-21-8-10-22(11-9-21)23-12-14-24(15-13-23)25-16-17-27(28(33)18-25)26-19-29(34)31(30(35)20-26)39-32(36,37)38/h21-31H,2-20H2,1H3. The molecule has 7 heteroatoms. The van der Waals surface area contributed by atoms with Crippen molar-refractivity contribution in [2.75, 3.05) is 0 Å². The van der Waals surface area contributed by atoms with Gasteiger partial charge in [0.15, 0.2) is 0 Å². The summed E-state index contributed by atoms with van der Waals surface area (Å²) in [5, 5.41) is 0. The molecule has 4 aliphatic carbocycles. The van der Waals surface area contributed by atoms with Gasteiger partial charge in [0.05, 0.1) is 0 Å². The van der Waals surface area contributed by atoms with E-state index in [2.05, 4.69) is 11.7 Å². The first-order valence-corrected chi connectivity index (χ1v) is 16.3. The van der Waals surface area contributed by atoms with Gasteiger partial charge in [0.25, 0.3) is 0 Å². The first kappa shape index (κ1) is 31.5. The molecule has 1 nitrogen and oxygen atoms in total. The Balaban J connectivity index is 1.15. The van der Waals surface area contributed by atoms with E-state index in [0.29, 0.717) is 24.7 Å². The van der Waals surface area contributed by atoms with Gasteiger partial charge in [-0.05, 0) is 112 Å². The lowest BCUT2D eigenvalue weighted by Crippen LogP contribution is -2.48. The lowest BCUT2D eigenvalue weighted by atomic mass is 9.62. The van der Waals surface area contributed by atoms with Gasteiger partial charge in [0, 0.05) is 0 Å². The molecule has 0 aromatic heterocycles. The third-order valence-corrected chi connectivity index (χ3v) is 11.3. The zero-order valence-electron chi connectivity index (χ0n) is 24.0. The summed E-state index contributed by atoms with van der Waals surface area (Å²) in [5.41, 5.74) is 0. The van der Waals surface area contributed by atoms with Gasteiger partial charge in [-0.2, -0.15) is 0 Å². The predicted octanol–water partition coefficient (Wildman–Crippen LogP) is 10.7. The number of rotatable bonds is 10. The molecule has 4 aliphatic rings. The molecular weight excluding hydrogens is 514 g/mol. The monoisotopic (exact) mass is 566 g/mol. The third-order valence-electron chi connectivity index (χ3n) is 11.3. The van der Waals surface area contributed by atoms with Crippen LogP contribution in [-0.2, 0) is 4.74 Å². The van der Waals surface area contributed by atoms with E-state index >= 15 is 4.39 Å². The second-order valence-electron chi connectivity index (χ2n) is 13.7. The zero-order chi connectivity index (χ0) is 28.0. The highest BCUT2D eigenvalue weighted by Gasteiger charge is 2.49. The fraction of sp³-hybridized carbons (Fsp3) is 1.00. The summed E-state index contributed by atoms with van der Waals surface area (Å²) in [4.78, 5) is 0. The van der Waals surface area contributed by atoms with Crippen LogP contribution < -0.4 is 0 Å². The second-order valence-corrected chi connectivity index (χ2v) is 13.7. The molecule has 0 amide bonds. The van der Waals surface area contributed by atoms with Crippen LogP contribution >= 0.6 is 0 Å². The summed E-state index contributed by atoms with van der Waals surface area (Å²) in [6.45, 7) is 2.26. The summed E-state index contributed by atoms with van der Waals surface area (Å²) < 4.78 is 85.5. The highest BCUT2D eigenvalue weighted by molar-refractivity contribution is 4.95. The minimum Gasteiger partial charge on any atom is -0.282 e. The molecule has 0 aromatic carbocycles. The summed E-state index contributed by atoms with van der Waals surface area (Å²) in [7, 11) is 0. The Morgan fingerprint density at radius 3 is 1.59 bits per heavy atom. The third kappa shape index (κ3) is 9.01. The Kier molecular flexibility index (Phi) is 11.8. The Bertz CT molecular complexity index is 687. The van der Waals surface area contributed by atoms with Crippen molar-refractivity contribution >= 4 is 0 Å². The first-order chi connectivity index (χ1) is 18.6. The van der Waals surface area contributed by atoms with Crippen molar-refractivity contribution in [2.24, 2.45) is 41.4 Å². The molecule has 4 fully saturated rings. The van der Waals surface area contributed by atoms with E-state index in [1.807, 2.05) is 0 Å². The number of alkyl halides is 6. The quantitative estimate of drug-likeness (QED) is 0.189. The molecule has 4 saturated carbocycles. The van der Waals surface area contributed by atoms with E-state index in [-0.39, 0.29) is 12.8 Å². The summed E-state index contributed by atoms with van der Waals surface area (Å²) >= 11 is 0. The summed E-state index contributed by atoms with van der Waals surface area (Å²) in [6, 6.07) is 0. The predicted molar refractivity (Wildman–Crippen MR) is 143 cm³/mol. The maximum atomic E-state index is 15.4. The van der Waals surface area contributed by atoms with Crippen LogP contribution in [-0.4, -0.2) is 31.0 Å². The molecule has 0 saturated heterocycles. The topological polar surface area (TPSA) is 9.23 Å². The average molecular weight is 567 g/mol. The Morgan fingerprint density at radius 1 is 0.564 bits per heavy atom. The van der Waals surface area contributed by atoms with Crippen LogP contribution in [0.2, 0.25) is 0 Å². The number of unbranched alkanes of at least 4 members (excludes halogenated alkanes) is 4. The van der Waals surface area contributed by atoms with Crippen molar-refractivity contribution < 1.29 is 31.1 Å². The largest absolute Gasteiger partial charge is 0.522 e. The minimum absolute atomic E-state index is 0.247. The van der Waals surface area contributed by atoms with Crippen molar-refractivity contribution in [3.05, 3.63) is 0 Å². The SMILES string of the molecule is CCCCCCCC1CCC(C2CCC(C3CCC(C4CC(F)C(OC(F)(F)F)C(F)C4)C(F)C3)CC2)CC1. The molecule has 228 valence electrons. The number of hydrogen-bond donors (Lipinski definition) is 0. The van der Waals surface area contributed by atoms with E-state index in [1.165, 1.54) is 89.9 Å². The number of hydrogen-bond acceptors (Lipinski definition) is 1. The Morgan fingerprint density at radius 2 is 1.05 bits per heavy atom. The molecule has 0 N–H and O–H groups in total. The van der Waals surface area contributed by atoms with Gasteiger partial charge < -0.3 is 0 Å². The highest BCUT2D eigenvalue weighted by atomic mass is 19.4. The maximum absolute atomic E-state index is 15.4. The van der Waals surface area contributed by atoms with Crippen molar-refractivity contribution in [1.29, 1.82) is 0 Å². The molecule has 39 heavy (non-hydrogen) atoms. The fourth-order valence-corrected chi connectivity index (χ4v) is 9.02. The van der Waals surface area contributed by atoms with Gasteiger partial charge in [0.1, 0.15) is 24.6 Å². The Hall–Kier alpha value is -0.460. The molecule has 0 aromatic rings. The van der Waals surface area contributed by atoms with Crippen LogP contribution in [0.25, 0.3) is 0 Å². The van der Waals surface area contributed by atoms with E-state index in [4.69, 9.17) is 0 Å². The van der Waals surface area contributed by atoms with Crippen LogP contribution in [0.4, 0.5) is 26.3 Å². The molecule has 0 spiro atoms. The highest BCUT2D eigenvalue weighted by Crippen LogP contribution is 2.49. The number of ether oxygens (including phenoxy) is 1. The molecule has 4 rings (SSSR count). The maximum Gasteiger partial charge on any atom is 0.522 e. The van der Waals surface area contributed by atoms with Gasteiger partial charge in [-0.3, -0.25) is 4.74 Å². The molecule has 0 aliphatic heterocycles. The molecule has 0 radical (unpaired) electrons. The fourth-order valence-electron chi connectivity index (χ4n) is 9.02. The van der Waals surface area contributed by atoms with E-state index in [0.717, 1.165) is 24.2 Å². The molecular formula is C32H52F6O. The van der Waals surface area contributed by atoms with Crippen LogP contribution in [0.1, 0.15) is 129 Å². The summed E-state index contributed by atoms with van der Waals surface area (Å²) in [6.07, 6.45) is 7.65. The van der Waals surface area contributed by atoms with Crippen LogP contribution in [0.3, 0.4) is 0 Å². The van der Waals surface area contributed by atoms with Crippen LogP contribution in [0, 0.1) is 41.4 Å². The van der Waals surface area contributed by atoms with Crippen molar-refractivity contribution in [3.63, 3.8) is 0 Å². The molecule has 0 bridgehead atoms. The Labute approximate surface area is 232 Å². The lowest BCUT2D eigenvalue weighted by Gasteiger charge is -2.45. The lowest BCUT2D eigenvalue weighted by molar-refractivity contribution is -0.358. The van der Waals surface area contributed by atoms with Crippen molar-refractivity contribution in [1.82, 2.24) is 0 Å². The average Bonchev–Trinajstić information content (AvgIpc) is 2.90. The minimum atomic E-state index is -5.07. The second kappa shape index (κ2) is 14.6. The van der Waals surface area contributed by atoms with Crippen molar-refractivity contribution in [2.45, 2.75) is 160 Å². The van der Waals surface area contributed by atoms with E-state index in [1.54, 1.807) is 0 Å². The first-order valence-electron chi connectivity index (χ1n) is 16.3. The number of halogens is 6. The van der Waals surface area contributed by atoms with E-state index < -0.39 is 42.8 Å². The van der Waals surface area contributed by atoms with Crippen LogP contribution in [0.5, 0.6) is 0 Å². The molecule has 0 heterocycles. The van der Waals surface area contributed by atoms with Crippen molar-refractivity contribution in [3.8, 4) is 0 Å². The van der Waals surface area contributed by atoms with E-state index in [9.17, 15) is 22.0 Å². The zero-order valence-corrected chi connectivity index (χ0v) is 24.0. The smallest absolute Gasteiger partial charge is 0.282 e. The van der Waals surface area contributed by atoms with Crippen LogP contribution in [0.15, 0.2) is 0 Å². The molecule has 5 atom stereocenters. The summed E-state index contributed by atoms with van der Waals surface area (Å²) in [5.74, 6) is 2.48. The van der Waals surface area contributed by atoms with Gasteiger partial charge in [0.2, 0.25) is 0 Å². The van der Waals surface area contributed by atoms with Gasteiger partial charge in [-0.15, -0.1) is 13.2 Å².